The molecule has 4 aromatic rings. The average molecular weight is 867 g/mol. The molecule has 0 radical (unpaired) electrons. The molecular weight excluding hydrogens is 844 g/mol. The topological polar surface area (TPSA) is 71.1 Å². The first kappa shape index (κ1) is 46.1. The molecule has 0 aliphatic heterocycles. The molecule has 0 N–H and O–H groups in total. The van der Waals surface area contributed by atoms with E-state index in [0.29, 0.717) is 38.5 Å². The zero-order valence-corrected chi connectivity index (χ0v) is 29.3. The Morgan fingerprint density at radius 2 is 0.831 bits per heavy atom. The van der Waals surface area contributed by atoms with Gasteiger partial charge in [-0.2, -0.15) is 26.3 Å². The van der Waals surface area contributed by atoms with Crippen LogP contribution in [0.3, 0.4) is 0 Å². The van der Waals surface area contributed by atoms with Crippen LogP contribution in [0.25, 0.3) is 0 Å². The van der Waals surface area contributed by atoms with Crippen LogP contribution in [0.1, 0.15) is 40.9 Å². The van der Waals surface area contributed by atoms with Crippen LogP contribution in [0, 0.1) is 58.2 Å². The molecule has 0 saturated carbocycles. The molecule has 6 nitrogen and oxygen atoms in total. The van der Waals surface area contributed by atoms with E-state index in [4.69, 9.17) is 0 Å². The molecule has 4 aromatic carbocycles. The molecule has 0 aliphatic rings. The zero-order valence-electron chi connectivity index (χ0n) is 29.3. The van der Waals surface area contributed by atoms with Crippen LogP contribution in [0.15, 0.2) is 72.8 Å². The number of ether oxygens (including phenoxy) is 4. The van der Waals surface area contributed by atoms with Gasteiger partial charge < -0.3 is 18.9 Å². The molecule has 0 aromatic heterocycles. The molecular formula is C37H22F16O6. The maximum Gasteiger partial charge on any atom is 0.432 e. The highest BCUT2D eigenvalue weighted by Crippen LogP contribution is 2.46. The molecule has 0 amide bonds. The fourth-order valence-electron chi connectivity index (χ4n) is 5.71. The summed E-state index contributed by atoms with van der Waals surface area (Å²) in [5.74, 6) is -33.4. The van der Waals surface area contributed by atoms with Crippen LogP contribution in [0.5, 0.6) is 0 Å². The Kier molecular flexibility index (Phi) is 13.5. The summed E-state index contributed by atoms with van der Waals surface area (Å²) < 4.78 is 252. The van der Waals surface area contributed by atoms with E-state index in [1.807, 2.05) is 0 Å². The van der Waals surface area contributed by atoms with Crippen LogP contribution in [-0.2, 0) is 39.7 Å². The SMILES string of the molecule is CO[C@@](C(=O)O[C@H](/C=C/C[C@@H](OC(=O)[C@](OC)(c1ccccc1)C(F)(F)F)c1c(F)c(F)c(F)c(F)c1F)c1c(F)c(F)c(F)c(F)c1F)(c1ccccc1)C(F)(F)F. The van der Waals surface area contributed by atoms with Gasteiger partial charge in [0.1, 0.15) is 6.10 Å². The summed E-state index contributed by atoms with van der Waals surface area (Å²) in [5.41, 5.74) is -15.0. The van der Waals surface area contributed by atoms with E-state index in [0.717, 1.165) is 36.4 Å². The summed E-state index contributed by atoms with van der Waals surface area (Å²) in [5, 5.41) is 0. The lowest BCUT2D eigenvalue weighted by Crippen LogP contribution is -2.52. The van der Waals surface area contributed by atoms with Gasteiger partial charge in [0, 0.05) is 31.8 Å². The van der Waals surface area contributed by atoms with Crippen LogP contribution in [0.2, 0.25) is 0 Å². The van der Waals surface area contributed by atoms with Gasteiger partial charge in [0.2, 0.25) is 11.6 Å². The van der Waals surface area contributed by atoms with Crippen molar-refractivity contribution in [1.29, 1.82) is 0 Å². The molecule has 318 valence electrons. The highest BCUT2D eigenvalue weighted by molar-refractivity contribution is 5.83. The van der Waals surface area contributed by atoms with Crippen molar-refractivity contribution < 1.29 is 98.8 Å². The van der Waals surface area contributed by atoms with E-state index in [1.54, 1.807) is 0 Å². The van der Waals surface area contributed by atoms with Crippen LogP contribution in [0.4, 0.5) is 70.2 Å². The molecule has 0 unspecified atom stereocenters. The van der Waals surface area contributed by atoms with Crippen molar-refractivity contribution in [3.63, 3.8) is 0 Å². The number of benzene rings is 4. The molecule has 4 rings (SSSR count). The maximum atomic E-state index is 15.1. The monoisotopic (exact) mass is 866 g/mol. The van der Waals surface area contributed by atoms with Crippen molar-refractivity contribution in [1.82, 2.24) is 0 Å². The van der Waals surface area contributed by atoms with Gasteiger partial charge >= 0.3 is 24.3 Å². The summed E-state index contributed by atoms with van der Waals surface area (Å²) in [6.07, 6.45) is -19.8. The van der Waals surface area contributed by atoms with E-state index in [-0.39, 0.29) is 12.2 Å². The first-order valence-corrected chi connectivity index (χ1v) is 15.9. The summed E-state index contributed by atoms with van der Waals surface area (Å²) in [6, 6.07) is 8.67. The second-order valence-electron chi connectivity index (χ2n) is 11.8. The minimum Gasteiger partial charge on any atom is -0.454 e. The highest BCUT2D eigenvalue weighted by Gasteiger charge is 2.65. The van der Waals surface area contributed by atoms with Crippen LogP contribution in [-0.4, -0.2) is 38.5 Å². The van der Waals surface area contributed by atoms with E-state index < -0.39 is 135 Å². The van der Waals surface area contributed by atoms with Crippen molar-refractivity contribution in [3.8, 4) is 0 Å². The number of carbonyl (C=O) groups excluding carboxylic acids is 2. The number of halogens is 16. The smallest absolute Gasteiger partial charge is 0.432 e. The number of rotatable bonds is 13. The normalized spacial score (nSPS) is 15.4. The summed E-state index contributed by atoms with van der Waals surface area (Å²) in [6.45, 7) is 0. The van der Waals surface area contributed by atoms with Crippen LogP contribution < -0.4 is 0 Å². The van der Waals surface area contributed by atoms with Gasteiger partial charge in [0.15, 0.2) is 52.6 Å². The maximum absolute atomic E-state index is 15.1. The fraction of sp³-hybridized carbons (Fsp3) is 0.243. The summed E-state index contributed by atoms with van der Waals surface area (Å²) in [4.78, 5) is 26.8. The van der Waals surface area contributed by atoms with Gasteiger partial charge in [-0.3, -0.25) is 0 Å². The third kappa shape index (κ3) is 8.06. The standard InChI is InChI=1S/C37H22F16O6/c1-56-34(36(48,49)50,16-10-5-3-6-11-16)32(54)58-18(20-22(38)26(42)30(46)27(43)23(20)39)14-9-15-19(21-24(40)28(44)31(47)29(45)25(21)41)59-33(55)35(57-2,37(51,52)53)17-12-7-4-8-13-17/h3-14,18-19H,15H2,1-2H3/b14-9+/t18-,19-,34-,35-/m1/s1. The van der Waals surface area contributed by atoms with Crippen LogP contribution >= 0.6 is 0 Å². The summed E-state index contributed by atoms with van der Waals surface area (Å²) in [7, 11) is 0.596. The van der Waals surface area contributed by atoms with Crippen molar-refractivity contribution in [2.75, 3.05) is 14.2 Å². The Labute approximate surface area is 320 Å². The van der Waals surface area contributed by atoms with E-state index >= 15 is 17.6 Å². The number of hydrogen-bond acceptors (Lipinski definition) is 6. The van der Waals surface area contributed by atoms with E-state index in [9.17, 15) is 62.3 Å². The Hall–Kier alpha value is -5.64. The number of hydrogen-bond donors (Lipinski definition) is 0. The molecule has 22 heteroatoms. The number of alkyl halides is 6. The van der Waals surface area contributed by atoms with Crippen molar-refractivity contribution in [2.24, 2.45) is 0 Å². The first-order chi connectivity index (χ1) is 27.5. The Morgan fingerprint density at radius 1 is 0.508 bits per heavy atom. The minimum atomic E-state index is -5.85. The van der Waals surface area contributed by atoms with Gasteiger partial charge in [0.25, 0.3) is 11.2 Å². The van der Waals surface area contributed by atoms with Gasteiger partial charge in [-0.05, 0) is 6.08 Å². The predicted octanol–water partition coefficient (Wildman–Crippen LogP) is 10.1. The Balaban J connectivity index is 1.95. The van der Waals surface area contributed by atoms with Crippen molar-refractivity contribution in [2.45, 2.75) is 42.2 Å². The molecule has 0 spiro atoms. The largest absolute Gasteiger partial charge is 0.454 e. The molecule has 0 heterocycles. The minimum absolute atomic E-state index is 0.0740. The highest BCUT2D eigenvalue weighted by atomic mass is 19.4. The van der Waals surface area contributed by atoms with Gasteiger partial charge in [0.05, 0.1) is 11.1 Å². The van der Waals surface area contributed by atoms with Crippen molar-refractivity contribution >= 4 is 11.9 Å². The second-order valence-corrected chi connectivity index (χ2v) is 11.8. The molecule has 0 bridgehead atoms. The van der Waals surface area contributed by atoms with E-state index in [2.05, 4.69) is 18.9 Å². The number of esters is 2. The van der Waals surface area contributed by atoms with Gasteiger partial charge in [-0.1, -0.05) is 66.7 Å². The third-order valence-corrected chi connectivity index (χ3v) is 8.58. The lowest BCUT2D eigenvalue weighted by atomic mass is 9.92. The first-order valence-electron chi connectivity index (χ1n) is 15.9. The Morgan fingerprint density at radius 3 is 1.17 bits per heavy atom. The predicted molar refractivity (Wildman–Crippen MR) is 166 cm³/mol. The molecule has 59 heavy (non-hydrogen) atoms. The number of carbonyl (C=O) groups is 2. The Bertz CT molecular complexity index is 2170. The van der Waals surface area contributed by atoms with E-state index in [1.165, 1.54) is 0 Å². The molecule has 0 aliphatic carbocycles. The zero-order chi connectivity index (χ0) is 44.4. The van der Waals surface area contributed by atoms with Gasteiger partial charge in [-0.15, -0.1) is 0 Å². The third-order valence-electron chi connectivity index (χ3n) is 8.58. The van der Waals surface area contributed by atoms with Gasteiger partial charge in [-0.25, -0.2) is 53.5 Å². The molecule has 0 fully saturated rings. The lowest BCUT2D eigenvalue weighted by molar-refractivity contribution is -0.279. The number of methoxy groups -OCH3 is 2. The molecule has 4 atom stereocenters. The lowest BCUT2D eigenvalue weighted by Gasteiger charge is -2.34. The molecule has 0 saturated heterocycles. The fourth-order valence-corrected chi connectivity index (χ4v) is 5.71. The van der Waals surface area contributed by atoms with Crippen molar-refractivity contribution in [3.05, 3.63) is 153 Å². The summed E-state index contributed by atoms with van der Waals surface area (Å²) >= 11 is 0. The quantitative estimate of drug-likeness (QED) is 0.0438. The average Bonchev–Trinajstić information content (AvgIpc) is 3.18. The second kappa shape index (κ2) is 17.3.